The fourth-order valence-corrected chi connectivity index (χ4v) is 2.85. The molecule has 5 nitrogen and oxygen atoms in total. The first-order valence-electron chi connectivity index (χ1n) is 8.03. The maximum Gasteiger partial charge on any atom is 0.223 e. The van der Waals surface area contributed by atoms with Crippen LogP contribution in [0.1, 0.15) is 12.8 Å². The second-order valence-corrected chi connectivity index (χ2v) is 6.24. The lowest BCUT2D eigenvalue weighted by Gasteiger charge is -2.15. The smallest absolute Gasteiger partial charge is 0.223 e. The van der Waals surface area contributed by atoms with Crippen molar-refractivity contribution in [2.24, 2.45) is 5.92 Å². The number of hydrogen-bond donors (Lipinski definition) is 1. The summed E-state index contributed by atoms with van der Waals surface area (Å²) in [5.74, 6) is 1.25. The Morgan fingerprint density at radius 2 is 2.30 bits per heavy atom. The Balaban J connectivity index is 1.57. The number of carbonyl (C=O) groups excluding carboxylic acids is 1. The van der Waals surface area contributed by atoms with Gasteiger partial charge in [-0.1, -0.05) is 17.7 Å². The standard InChI is InChI=1S/C17H25ClN2O3/c1-22-10-8-20-7-5-14(13-20)12-19-17(21)6-9-23-16-4-2-3-15(18)11-16/h2-4,11,14H,5-10,12-13H2,1H3,(H,19,21)/t14-/m0/s1. The van der Waals surface area contributed by atoms with Gasteiger partial charge in [-0.05, 0) is 37.1 Å². The average Bonchev–Trinajstić information content (AvgIpc) is 2.99. The number of rotatable bonds is 9. The second kappa shape index (κ2) is 9.75. The molecular weight excluding hydrogens is 316 g/mol. The van der Waals surface area contributed by atoms with Crippen molar-refractivity contribution >= 4 is 17.5 Å². The van der Waals surface area contributed by atoms with Gasteiger partial charge in [-0.3, -0.25) is 4.79 Å². The van der Waals surface area contributed by atoms with Gasteiger partial charge in [0.25, 0.3) is 0 Å². The van der Waals surface area contributed by atoms with Crippen LogP contribution in [0.5, 0.6) is 5.75 Å². The summed E-state index contributed by atoms with van der Waals surface area (Å²) in [6.45, 7) is 4.94. The highest BCUT2D eigenvalue weighted by Gasteiger charge is 2.22. The van der Waals surface area contributed by atoms with Crippen LogP contribution in [0.4, 0.5) is 0 Å². The number of hydrogen-bond acceptors (Lipinski definition) is 4. The van der Waals surface area contributed by atoms with Crippen LogP contribution in [0.15, 0.2) is 24.3 Å². The Labute approximate surface area is 142 Å². The third kappa shape index (κ3) is 6.77. The summed E-state index contributed by atoms with van der Waals surface area (Å²) >= 11 is 5.88. The van der Waals surface area contributed by atoms with Gasteiger partial charge >= 0.3 is 0 Å². The quantitative estimate of drug-likeness (QED) is 0.748. The normalized spacial score (nSPS) is 18.1. The van der Waals surface area contributed by atoms with Gasteiger partial charge in [0.15, 0.2) is 0 Å². The maximum absolute atomic E-state index is 11.9. The maximum atomic E-state index is 11.9. The molecule has 0 spiro atoms. The highest BCUT2D eigenvalue weighted by atomic mass is 35.5. The zero-order valence-corrected chi connectivity index (χ0v) is 14.3. The Morgan fingerprint density at radius 3 is 3.09 bits per heavy atom. The zero-order chi connectivity index (χ0) is 16.5. The van der Waals surface area contributed by atoms with E-state index in [0.717, 1.165) is 39.2 Å². The molecule has 1 heterocycles. The van der Waals surface area contributed by atoms with Gasteiger partial charge < -0.3 is 19.7 Å². The molecular formula is C17H25ClN2O3. The zero-order valence-electron chi connectivity index (χ0n) is 13.6. The molecule has 0 bridgehead atoms. The lowest BCUT2D eigenvalue weighted by Crippen LogP contribution is -2.32. The number of likely N-dealkylation sites (tertiary alicyclic amines) is 1. The number of benzene rings is 1. The monoisotopic (exact) mass is 340 g/mol. The van der Waals surface area contributed by atoms with E-state index in [1.54, 1.807) is 19.2 Å². The lowest BCUT2D eigenvalue weighted by molar-refractivity contribution is -0.121. The predicted molar refractivity (Wildman–Crippen MR) is 91.0 cm³/mol. The van der Waals surface area contributed by atoms with Crippen LogP contribution in [0.2, 0.25) is 5.02 Å². The number of ether oxygens (including phenoxy) is 2. The Hall–Kier alpha value is -1.30. The van der Waals surface area contributed by atoms with Crippen LogP contribution in [0.3, 0.4) is 0 Å². The van der Waals surface area contributed by atoms with E-state index in [4.69, 9.17) is 21.1 Å². The summed E-state index contributed by atoms with van der Waals surface area (Å²) in [5, 5.41) is 3.63. The highest BCUT2D eigenvalue weighted by molar-refractivity contribution is 6.30. The Bertz CT molecular complexity index is 498. The summed E-state index contributed by atoms with van der Waals surface area (Å²) in [6.07, 6.45) is 1.48. The van der Waals surface area contributed by atoms with E-state index in [0.29, 0.717) is 29.7 Å². The molecule has 6 heteroatoms. The van der Waals surface area contributed by atoms with Crippen LogP contribution in [-0.4, -0.2) is 57.3 Å². The minimum Gasteiger partial charge on any atom is -0.493 e. The van der Waals surface area contributed by atoms with Gasteiger partial charge in [-0.2, -0.15) is 0 Å². The molecule has 1 aromatic rings. The first-order chi connectivity index (χ1) is 11.2. The summed E-state index contributed by atoms with van der Waals surface area (Å²) < 4.78 is 10.6. The molecule has 1 amide bonds. The summed E-state index contributed by atoms with van der Waals surface area (Å²) in [7, 11) is 1.72. The molecule has 1 N–H and O–H groups in total. The van der Waals surface area contributed by atoms with E-state index < -0.39 is 0 Å². The SMILES string of the molecule is COCCN1CC[C@@H](CNC(=O)CCOc2cccc(Cl)c2)C1. The van der Waals surface area contributed by atoms with E-state index >= 15 is 0 Å². The van der Waals surface area contributed by atoms with E-state index in [2.05, 4.69) is 10.2 Å². The molecule has 1 saturated heterocycles. The van der Waals surface area contributed by atoms with Crippen molar-refractivity contribution < 1.29 is 14.3 Å². The van der Waals surface area contributed by atoms with Crippen LogP contribution in [0.25, 0.3) is 0 Å². The van der Waals surface area contributed by atoms with Crippen molar-refractivity contribution in [2.75, 3.05) is 46.5 Å². The highest BCUT2D eigenvalue weighted by Crippen LogP contribution is 2.17. The molecule has 1 aromatic carbocycles. The largest absolute Gasteiger partial charge is 0.493 e. The molecule has 1 atom stereocenters. The summed E-state index contributed by atoms with van der Waals surface area (Å²) in [4.78, 5) is 14.2. The van der Waals surface area contributed by atoms with E-state index in [-0.39, 0.29) is 5.91 Å². The first kappa shape index (κ1) is 18.0. The van der Waals surface area contributed by atoms with Crippen molar-refractivity contribution in [1.82, 2.24) is 10.2 Å². The molecule has 0 unspecified atom stereocenters. The van der Waals surface area contributed by atoms with Gasteiger partial charge in [0.2, 0.25) is 5.91 Å². The molecule has 0 aliphatic carbocycles. The number of nitrogens with zero attached hydrogens (tertiary/aromatic N) is 1. The number of halogens is 1. The molecule has 0 aromatic heterocycles. The molecule has 1 fully saturated rings. The number of carbonyl (C=O) groups is 1. The minimum absolute atomic E-state index is 0.0300. The predicted octanol–water partition coefficient (Wildman–Crippen LogP) is 2.19. The van der Waals surface area contributed by atoms with E-state index in [9.17, 15) is 4.79 Å². The van der Waals surface area contributed by atoms with Gasteiger partial charge in [0.1, 0.15) is 5.75 Å². The topological polar surface area (TPSA) is 50.8 Å². The first-order valence-corrected chi connectivity index (χ1v) is 8.41. The Morgan fingerprint density at radius 1 is 1.43 bits per heavy atom. The summed E-state index contributed by atoms with van der Waals surface area (Å²) in [5.41, 5.74) is 0. The van der Waals surface area contributed by atoms with Gasteiger partial charge in [-0.15, -0.1) is 0 Å². The number of nitrogens with one attached hydrogen (secondary N) is 1. The fourth-order valence-electron chi connectivity index (χ4n) is 2.67. The third-order valence-electron chi connectivity index (χ3n) is 3.96. The van der Waals surface area contributed by atoms with Crippen LogP contribution >= 0.6 is 11.6 Å². The number of methoxy groups -OCH3 is 1. The van der Waals surface area contributed by atoms with Crippen LogP contribution in [-0.2, 0) is 9.53 Å². The molecule has 2 rings (SSSR count). The molecule has 0 radical (unpaired) electrons. The number of amides is 1. The van der Waals surface area contributed by atoms with Gasteiger partial charge in [0.05, 0.1) is 19.6 Å². The van der Waals surface area contributed by atoms with Crippen molar-refractivity contribution in [3.05, 3.63) is 29.3 Å². The van der Waals surface area contributed by atoms with Crippen molar-refractivity contribution in [1.29, 1.82) is 0 Å². The van der Waals surface area contributed by atoms with Gasteiger partial charge in [0, 0.05) is 31.8 Å². The molecule has 128 valence electrons. The second-order valence-electron chi connectivity index (χ2n) is 5.81. The van der Waals surface area contributed by atoms with Crippen molar-refractivity contribution in [3.8, 4) is 5.75 Å². The summed E-state index contributed by atoms with van der Waals surface area (Å²) in [6, 6.07) is 7.19. The van der Waals surface area contributed by atoms with Gasteiger partial charge in [-0.25, -0.2) is 0 Å². The molecule has 1 aliphatic heterocycles. The molecule has 23 heavy (non-hydrogen) atoms. The van der Waals surface area contributed by atoms with E-state index in [1.807, 2.05) is 12.1 Å². The molecule has 1 aliphatic rings. The Kier molecular flexibility index (Phi) is 7.65. The lowest BCUT2D eigenvalue weighted by atomic mass is 10.1. The fraction of sp³-hybridized carbons (Fsp3) is 0.588. The van der Waals surface area contributed by atoms with Crippen LogP contribution < -0.4 is 10.1 Å². The van der Waals surface area contributed by atoms with E-state index in [1.165, 1.54) is 0 Å². The van der Waals surface area contributed by atoms with Crippen molar-refractivity contribution in [2.45, 2.75) is 12.8 Å². The average molecular weight is 341 g/mol. The van der Waals surface area contributed by atoms with Crippen LogP contribution in [0, 0.1) is 5.92 Å². The third-order valence-corrected chi connectivity index (χ3v) is 4.20. The van der Waals surface area contributed by atoms with Crippen molar-refractivity contribution in [3.63, 3.8) is 0 Å². The molecule has 0 saturated carbocycles. The minimum atomic E-state index is 0.0300.